The molecule has 1 saturated heterocycles. The summed E-state index contributed by atoms with van der Waals surface area (Å²) in [5.74, 6) is 2.94. The summed E-state index contributed by atoms with van der Waals surface area (Å²) in [6, 6.07) is 7.50. The van der Waals surface area contributed by atoms with Crippen molar-refractivity contribution >= 4 is 34.7 Å². The first-order chi connectivity index (χ1) is 15.7. The molecule has 170 valence electrons. The standard InChI is InChI=1S/C22H28N6O2S2/c1-15-20(32-22(25-15)31-13-12-28-10-8-23-9-11-28)18-6-7-24-21(27-18)26-17-5-4-16(29-2)14-19(17)30-3/h4-7,14,23H,8-13H2,1-3H3,(H,24,26,27). The predicted molar refractivity (Wildman–Crippen MR) is 131 cm³/mol. The zero-order chi connectivity index (χ0) is 22.3. The van der Waals surface area contributed by atoms with Crippen molar-refractivity contribution in [3.8, 4) is 22.1 Å². The fourth-order valence-corrected chi connectivity index (χ4v) is 5.67. The number of thioether (sulfide) groups is 1. The Morgan fingerprint density at radius 1 is 1.16 bits per heavy atom. The molecule has 0 radical (unpaired) electrons. The number of rotatable bonds is 9. The van der Waals surface area contributed by atoms with E-state index in [1.54, 1.807) is 31.8 Å². The number of thiazole rings is 1. The van der Waals surface area contributed by atoms with Crippen LogP contribution in [0.3, 0.4) is 0 Å². The fourth-order valence-electron chi connectivity index (χ4n) is 3.44. The molecule has 0 saturated carbocycles. The van der Waals surface area contributed by atoms with Gasteiger partial charge in [-0.2, -0.15) is 0 Å². The van der Waals surface area contributed by atoms with Gasteiger partial charge in [0.15, 0.2) is 4.34 Å². The minimum Gasteiger partial charge on any atom is -0.497 e. The van der Waals surface area contributed by atoms with Crippen molar-refractivity contribution in [3.63, 3.8) is 0 Å². The van der Waals surface area contributed by atoms with Gasteiger partial charge in [0.2, 0.25) is 5.95 Å². The van der Waals surface area contributed by atoms with Crippen LogP contribution >= 0.6 is 23.1 Å². The minimum absolute atomic E-state index is 0.506. The number of aryl methyl sites for hydroxylation is 1. The Kier molecular flexibility index (Phi) is 7.80. The Labute approximate surface area is 196 Å². The molecule has 0 spiro atoms. The van der Waals surface area contributed by atoms with Crippen molar-refractivity contribution in [3.05, 3.63) is 36.2 Å². The van der Waals surface area contributed by atoms with Gasteiger partial charge < -0.3 is 20.1 Å². The van der Waals surface area contributed by atoms with Gasteiger partial charge in [0, 0.05) is 50.7 Å². The van der Waals surface area contributed by atoms with Crippen LogP contribution in [0, 0.1) is 6.92 Å². The number of nitrogens with one attached hydrogen (secondary N) is 2. The summed E-state index contributed by atoms with van der Waals surface area (Å²) in [5, 5.41) is 6.64. The number of hydrogen-bond acceptors (Lipinski definition) is 10. The van der Waals surface area contributed by atoms with Crippen LogP contribution in [-0.2, 0) is 0 Å². The van der Waals surface area contributed by atoms with E-state index < -0.39 is 0 Å². The summed E-state index contributed by atoms with van der Waals surface area (Å²) >= 11 is 3.51. The minimum atomic E-state index is 0.506. The summed E-state index contributed by atoms with van der Waals surface area (Å²) in [7, 11) is 3.25. The van der Waals surface area contributed by atoms with E-state index >= 15 is 0 Å². The van der Waals surface area contributed by atoms with E-state index in [-0.39, 0.29) is 0 Å². The number of ether oxygens (including phenoxy) is 2. The maximum atomic E-state index is 5.46. The molecule has 3 heterocycles. The Balaban J connectivity index is 1.44. The molecule has 2 N–H and O–H groups in total. The molecule has 0 amide bonds. The highest BCUT2D eigenvalue weighted by Crippen LogP contribution is 2.35. The van der Waals surface area contributed by atoms with Crippen molar-refractivity contribution < 1.29 is 9.47 Å². The molecule has 1 aliphatic heterocycles. The SMILES string of the molecule is COc1ccc(Nc2nccc(-c3sc(SCCN4CCNCC4)nc3C)n2)c(OC)c1. The third-order valence-electron chi connectivity index (χ3n) is 5.16. The topological polar surface area (TPSA) is 84.4 Å². The van der Waals surface area contributed by atoms with Gasteiger partial charge >= 0.3 is 0 Å². The highest BCUT2D eigenvalue weighted by Gasteiger charge is 2.15. The summed E-state index contributed by atoms with van der Waals surface area (Å²) < 4.78 is 11.8. The number of aromatic nitrogens is 3. The average Bonchev–Trinajstić information content (AvgIpc) is 3.20. The molecule has 1 aromatic carbocycles. The average molecular weight is 473 g/mol. The van der Waals surface area contributed by atoms with Gasteiger partial charge in [0.1, 0.15) is 11.5 Å². The van der Waals surface area contributed by atoms with Crippen LogP contribution in [0.15, 0.2) is 34.8 Å². The predicted octanol–water partition coefficient (Wildman–Crippen LogP) is 3.67. The molecule has 1 fully saturated rings. The highest BCUT2D eigenvalue weighted by atomic mass is 32.2. The van der Waals surface area contributed by atoms with Crippen LogP contribution in [0.2, 0.25) is 0 Å². The van der Waals surface area contributed by atoms with Crippen LogP contribution in [-0.4, -0.2) is 72.5 Å². The highest BCUT2D eigenvalue weighted by molar-refractivity contribution is 8.01. The van der Waals surface area contributed by atoms with Gasteiger partial charge in [0.05, 0.1) is 36.2 Å². The van der Waals surface area contributed by atoms with Crippen molar-refractivity contribution in [1.82, 2.24) is 25.2 Å². The lowest BCUT2D eigenvalue weighted by Crippen LogP contribution is -2.44. The molecule has 8 nitrogen and oxygen atoms in total. The lowest BCUT2D eigenvalue weighted by atomic mass is 10.2. The first-order valence-corrected chi connectivity index (χ1v) is 12.3. The molecule has 2 aromatic heterocycles. The molecule has 3 aromatic rings. The zero-order valence-electron chi connectivity index (χ0n) is 18.6. The molecule has 32 heavy (non-hydrogen) atoms. The van der Waals surface area contributed by atoms with Gasteiger partial charge in [-0.05, 0) is 25.1 Å². The second-order valence-corrected chi connectivity index (χ2v) is 9.63. The number of anilines is 2. The first kappa shape index (κ1) is 22.8. The summed E-state index contributed by atoms with van der Waals surface area (Å²) in [6.07, 6.45) is 1.76. The van der Waals surface area contributed by atoms with Gasteiger partial charge in [-0.3, -0.25) is 4.90 Å². The van der Waals surface area contributed by atoms with E-state index in [0.717, 1.165) is 70.5 Å². The molecule has 4 rings (SSSR count). The molecule has 0 atom stereocenters. The van der Waals surface area contributed by atoms with Gasteiger partial charge in [0.25, 0.3) is 0 Å². The zero-order valence-corrected chi connectivity index (χ0v) is 20.2. The third-order valence-corrected chi connectivity index (χ3v) is 7.47. The molecule has 10 heteroatoms. The molecule has 0 aliphatic carbocycles. The second kappa shape index (κ2) is 11.0. The third kappa shape index (κ3) is 5.69. The first-order valence-electron chi connectivity index (χ1n) is 10.5. The number of methoxy groups -OCH3 is 2. The second-order valence-electron chi connectivity index (χ2n) is 7.29. The van der Waals surface area contributed by atoms with E-state index in [1.165, 1.54) is 0 Å². The van der Waals surface area contributed by atoms with Crippen LogP contribution in [0.25, 0.3) is 10.6 Å². The van der Waals surface area contributed by atoms with Crippen molar-refractivity contribution in [1.29, 1.82) is 0 Å². The quantitative estimate of drug-likeness (QED) is 0.453. The number of piperazine rings is 1. The largest absolute Gasteiger partial charge is 0.497 e. The number of benzene rings is 1. The fraction of sp³-hybridized carbons (Fsp3) is 0.409. The molecule has 0 unspecified atom stereocenters. The van der Waals surface area contributed by atoms with Crippen LogP contribution in [0.5, 0.6) is 11.5 Å². The van der Waals surface area contributed by atoms with E-state index in [2.05, 4.69) is 20.5 Å². The van der Waals surface area contributed by atoms with Gasteiger partial charge in [-0.15, -0.1) is 11.3 Å². The van der Waals surface area contributed by atoms with Crippen molar-refractivity contribution in [2.75, 3.05) is 58.0 Å². The molecule has 0 bridgehead atoms. The van der Waals surface area contributed by atoms with Gasteiger partial charge in [-0.1, -0.05) is 11.8 Å². The monoisotopic (exact) mass is 472 g/mol. The molecular formula is C22H28N6O2S2. The van der Waals surface area contributed by atoms with E-state index in [0.29, 0.717) is 11.7 Å². The van der Waals surface area contributed by atoms with E-state index in [9.17, 15) is 0 Å². The number of nitrogens with zero attached hydrogens (tertiary/aromatic N) is 4. The molecular weight excluding hydrogens is 444 g/mol. The normalized spacial score (nSPS) is 14.3. The Hall–Kier alpha value is -2.40. The Bertz CT molecular complexity index is 1040. The lowest BCUT2D eigenvalue weighted by molar-refractivity contribution is 0.255. The van der Waals surface area contributed by atoms with Crippen LogP contribution < -0.4 is 20.1 Å². The summed E-state index contributed by atoms with van der Waals surface area (Å²) in [5.41, 5.74) is 2.63. The van der Waals surface area contributed by atoms with E-state index in [4.69, 9.17) is 19.4 Å². The van der Waals surface area contributed by atoms with Crippen LogP contribution in [0.1, 0.15) is 5.69 Å². The Morgan fingerprint density at radius 3 is 2.78 bits per heavy atom. The van der Waals surface area contributed by atoms with Crippen LogP contribution in [0.4, 0.5) is 11.6 Å². The Morgan fingerprint density at radius 2 is 2.00 bits per heavy atom. The van der Waals surface area contributed by atoms with E-state index in [1.807, 2.05) is 43.0 Å². The maximum absolute atomic E-state index is 5.46. The smallest absolute Gasteiger partial charge is 0.227 e. The maximum Gasteiger partial charge on any atom is 0.227 e. The lowest BCUT2D eigenvalue weighted by Gasteiger charge is -2.26. The van der Waals surface area contributed by atoms with Crippen molar-refractivity contribution in [2.24, 2.45) is 0 Å². The number of hydrogen-bond donors (Lipinski definition) is 2. The summed E-state index contributed by atoms with van der Waals surface area (Å²) in [6.45, 7) is 7.53. The van der Waals surface area contributed by atoms with Gasteiger partial charge in [-0.25, -0.2) is 15.0 Å². The summed E-state index contributed by atoms with van der Waals surface area (Å²) in [4.78, 5) is 17.4. The molecule has 1 aliphatic rings. The van der Waals surface area contributed by atoms with Crippen molar-refractivity contribution in [2.45, 2.75) is 11.3 Å².